The van der Waals surface area contributed by atoms with Crippen LogP contribution in [0.3, 0.4) is 0 Å². The molecule has 89 heavy (non-hydrogen) atoms. The number of pyridine rings is 3. The van der Waals surface area contributed by atoms with E-state index in [2.05, 4.69) is 36.9 Å². The Balaban J connectivity index is 0.000000190. The molecular weight excluding hydrogens is 1320 g/mol. The minimum Gasteiger partial charge on any atom is -0.478 e. The summed E-state index contributed by atoms with van der Waals surface area (Å²) in [5.41, 5.74) is 8.89. The number of nitrogens with zero attached hydrogens (tertiary/aromatic N) is 6. The monoisotopic (exact) mass is 1390 g/mol. The van der Waals surface area contributed by atoms with E-state index in [1.165, 1.54) is 47.3 Å². The number of hydrogen-bond acceptors (Lipinski definition) is 15. The highest BCUT2D eigenvalue weighted by Crippen LogP contribution is 2.40. The van der Waals surface area contributed by atoms with Crippen molar-refractivity contribution in [2.45, 2.75) is 150 Å². The lowest BCUT2D eigenvalue weighted by Gasteiger charge is -2.26. The van der Waals surface area contributed by atoms with Gasteiger partial charge < -0.3 is 38.8 Å². The Hall–Kier alpha value is -5.74. The number of carboxylic acid groups (broad SMARTS) is 1. The van der Waals surface area contributed by atoms with E-state index in [1.54, 1.807) is 68.2 Å². The van der Waals surface area contributed by atoms with Gasteiger partial charge in [0.15, 0.2) is 0 Å². The summed E-state index contributed by atoms with van der Waals surface area (Å²) in [6.45, 7) is 20.5. The summed E-state index contributed by atoms with van der Waals surface area (Å²) in [4.78, 5) is 81.4. The van der Waals surface area contributed by atoms with Crippen LogP contribution >= 0.6 is 86.0 Å². The first kappa shape index (κ1) is 70.7. The molecule has 0 spiro atoms. The van der Waals surface area contributed by atoms with E-state index in [-0.39, 0.29) is 23.8 Å². The molecule has 6 heterocycles. The number of amides is 3. The summed E-state index contributed by atoms with van der Waals surface area (Å²) >= 11 is 27.9. The molecule has 3 aliphatic heterocycles. The number of carboxylic acids is 1. The third-order valence-corrected chi connectivity index (χ3v) is 19.3. The number of aromatic carboxylic acids is 1. The Bertz CT molecular complexity index is 3470. The number of benzene rings is 3. The Morgan fingerprint density at radius 1 is 0.472 bits per heavy atom. The zero-order valence-corrected chi connectivity index (χ0v) is 58.1. The fourth-order valence-electron chi connectivity index (χ4n) is 9.60. The molecule has 0 atom stereocenters. The zero-order chi connectivity index (χ0) is 64.8. The molecule has 6 aromatic rings. The molecule has 0 radical (unpaired) electrons. The van der Waals surface area contributed by atoms with Gasteiger partial charge in [0.05, 0.1) is 50.4 Å². The summed E-state index contributed by atoms with van der Waals surface area (Å²) in [5.74, 6) is 0.545. The largest absolute Gasteiger partial charge is 0.478 e. The lowest BCUT2D eigenvalue weighted by atomic mass is 10.0. The molecule has 1 N–H and O–H groups in total. The Morgan fingerprint density at radius 3 is 1.07 bits per heavy atom. The molecule has 0 saturated carbocycles. The highest BCUT2D eigenvalue weighted by atomic mass is 79.9. The number of esters is 1. The van der Waals surface area contributed by atoms with Crippen LogP contribution in [-0.4, -0.2) is 128 Å². The second-order valence-corrected chi connectivity index (χ2v) is 29.2. The predicted octanol–water partition coefficient (Wildman–Crippen LogP) is 16.3. The van der Waals surface area contributed by atoms with Gasteiger partial charge in [-0.15, -0.1) is 35.3 Å². The number of aromatic nitrogens is 3. The van der Waals surface area contributed by atoms with Crippen molar-refractivity contribution >= 4 is 116 Å². The number of hydrogen-bond donors (Lipinski definition) is 1. The van der Waals surface area contributed by atoms with Gasteiger partial charge in [-0.2, -0.15) is 0 Å². The number of halogens is 4. The van der Waals surface area contributed by atoms with Crippen LogP contribution in [0, 0.1) is 0 Å². The predicted molar refractivity (Wildman–Crippen MR) is 357 cm³/mol. The highest BCUT2D eigenvalue weighted by Gasteiger charge is 2.29. The number of carbonyl (C=O) groups excluding carboxylic acids is 4. The lowest BCUT2D eigenvalue weighted by Crippen LogP contribution is -2.38. The molecule has 0 aliphatic carbocycles. The first-order valence-electron chi connectivity index (χ1n) is 29.1. The van der Waals surface area contributed by atoms with Gasteiger partial charge in [-0.25, -0.2) is 24.0 Å². The van der Waals surface area contributed by atoms with Gasteiger partial charge in [-0.1, -0.05) is 53.0 Å². The van der Waals surface area contributed by atoms with E-state index in [0.29, 0.717) is 79.2 Å². The number of thioether (sulfide) groups is 3. The SMILES string of the molecule is CC(C)(C)OC(=O)N1CCc2ccc(Cl)c(SCc3ccc(Br)cn3)c2CC1.CC(C)(C)OC(=O)N1CCc2ccc(Cl)c(SCc3ccc(C(=O)O)cn3)c2CC1.COC(=O)c1ccc(CSc2c(Cl)ccc3c2CCN(C(=O)OC(C)(C)C)CC3)nc1. The first-order chi connectivity index (χ1) is 42.0. The maximum atomic E-state index is 12.5. The van der Waals surface area contributed by atoms with Crippen LogP contribution in [0.4, 0.5) is 14.4 Å². The molecule has 0 unspecified atom stereocenters. The molecule has 3 aromatic carbocycles. The molecule has 3 aliphatic rings. The Kier molecular flexibility index (Phi) is 25.4. The van der Waals surface area contributed by atoms with Crippen molar-refractivity contribution in [2.24, 2.45) is 0 Å². The average Bonchev–Trinajstić information content (AvgIpc) is 3.57. The van der Waals surface area contributed by atoms with Crippen molar-refractivity contribution < 1.29 is 48.0 Å². The van der Waals surface area contributed by atoms with Crippen LogP contribution in [0.5, 0.6) is 0 Å². The first-order valence-corrected chi connectivity index (χ1v) is 34.0. The normalized spacial score (nSPS) is 14.1. The molecule has 476 valence electrons. The fraction of sp³-hybridized carbons (Fsp3) is 0.424. The van der Waals surface area contributed by atoms with E-state index in [4.69, 9.17) is 58.9 Å². The van der Waals surface area contributed by atoms with Crippen LogP contribution in [0.1, 0.15) is 133 Å². The summed E-state index contributed by atoms with van der Waals surface area (Å²) < 4.78 is 22.3. The number of methoxy groups -OCH3 is 1. The van der Waals surface area contributed by atoms with Crippen LogP contribution < -0.4 is 0 Å². The van der Waals surface area contributed by atoms with Crippen molar-refractivity contribution in [3.63, 3.8) is 0 Å². The second-order valence-electron chi connectivity index (χ2n) is 24.2. The van der Waals surface area contributed by atoms with Gasteiger partial charge in [0.2, 0.25) is 0 Å². The van der Waals surface area contributed by atoms with E-state index in [9.17, 15) is 24.0 Å². The summed E-state index contributed by atoms with van der Waals surface area (Å²) in [7, 11) is 1.35. The van der Waals surface area contributed by atoms with Crippen LogP contribution in [-0.2, 0) is 74.7 Å². The highest BCUT2D eigenvalue weighted by molar-refractivity contribution is 9.10. The number of rotatable bonds is 11. The lowest BCUT2D eigenvalue weighted by molar-refractivity contribution is 0.0247. The molecular formula is C66H76BrCl3N6O10S3. The Morgan fingerprint density at radius 2 is 0.787 bits per heavy atom. The summed E-state index contributed by atoms with van der Waals surface area (Å²) in [6, 6.07) is 22.7. The van der Waals surface area contributed by atoms with E-state index < -0.39 is 28.7 Å². The minimum atomic E-state index is -0.993. The third-order valence-electron chi connectivity index (χ3n) is 13.9. The average molecular weight is 1400 g/mol. The van der Waals surface area contributed by atoms with E-state index >= 15 is 0 Å². The van der Waals surface area contributed by atoms with Gasteiger partial charge in [0.25, 0.3) is 0 Å². The second kappa shape index (κ2) is 32.0. The molecule has 3 amide bonds. The van der Waals surface area contributed by atoms with Crippen molar-refractivity contribution in [3.8, 4) is 0 Å². The standard InChI is InChI=1S/C23H27ClN2O4S.C22H25ClN2O4S.C21H24BrClN2O2S/c1-23(2,3)30-22(28)26-11-9-15-6-8-19(24)20(18(15)10-12-26)31-14-17-7-5-16(13-25-17)21(27)29-4;1-22(2,3)29-21(28)25-10-8-14-5-7-18(23)19(17(14)9-11-25)30-13-16-6-4-15(12-24-16)20(26)27;1-21(2,3)27-20(26)25-10-8-14-4-7-18(23)19(17(14)9-11-25)28-13-16-6-5-15(22)12-24-16/h5-8,13H,9-12,14H2,1-4H3;4-7,12H,8-11,13H2,1-3H3,(H,26,27);4-7,12H,8-11,13H2,1-3H3. The molecule has 16 nitrogen and oxygen atoms in total. The smallest absolute Gasteiger partial charge is 0.410 e. The topological polar surface area (TPSA) is 191 Å². The van der Waals surface area contributed by atoms with Gasteiger partial charge in [0.1, 0.15) is 16.8 Å². The molecule has 0 saturated heterocycles. The Labute approximate surface area is 558 Å². The van der Waals surface area contributed by atoms with Crippen LogP contribution in [0.15, 0.2) is 111 Å². The van der Waals surface area contributed by atoms with Crippen molar-refractivity contribution in [1.82, 2.24) is 29.7 Å². The zero-order valence-electron chi connectivity index (χ0n) is 51.8. The number of ether oxygens (including phenoxy) is 4. The van der Waals surface area contributed by atoms with E-state index in [0.717, 1.165) is 78.3 Å². The summed E-state index contributed by atoms with van der Waals surface area (Å²) in [5, 5.41) is 11.1. The maximum Gasteiger partial charge on any atom is 0.410 e. The van der Waals surface area contributed by atoms with Crippen molar-refractivity contribution in [2.75, 3.05) is 46.4 Å². The fourth-order valence-corrected chi connectivity index (χ4v) is 14.1. The summed E-state index contributed by atoms with van der Waals surface area (Å²) in [6.07, 6.45) is 8.35. The quantitative estimate of drug-likeness (QED) is 0.0731. The molecule has 23 heteroatoms. The third kappa shape index (κ3) is 21.4. The minimum absolute atomic E-state index is 0.164. The van der Waals surface area contributed by atoms with Gasteiger partial charge >= 0.3 is 30.2 Å². The van der Waals surface area contributed by atoms with E-state index in [1.807, 2.05) is 117 Å². The van der Waals surface area contributed by atoms with Crippen molar-refractivity contribution in [1.29, 1.82) is 0 Å². The molecule has 3 aromatic heterocycles. The van der Waals surface area contributed by atoms with Gasteiger partial charge in [-0.05, 0) is 205 Å². The van der Waals surface area contributed by atoms with Crippen molar-refractivity contribution in [3.05, 3.63) is 173 Å². The van der Waals surface area contributed by atoms with Crippen LogP contribution in [0.25, 0.3) is 0 Å². The van der Waals surface area contributed by atoms with Crippen LogP contribution in [0.2, 0.25) is 15.1 Å². The molecule has 9 rings (SSSR count). The molecule has 0 fully saturated rings. The van der Waals surface area contributed by atoms with Gasteiger partial charge in [-0.3, -0.25) is 15.0 Å². The number of fused-ring (bicyclic) bond motifs is 3. The molecule has 0 bridgehead atoms. The number of carbonyl (C=O) groups is 5. The maximum absolute atomic E-state index is 12.5. The van der Waals surface area contributed by atoms with Gasteiger partial charge in [0, 0.05) is 94.3 Å².